The predicted molar refractivity (Wildman–Crippen MR) is 136 cm³/mol. The van der Waals surface area contributed by atoms with Crippen LogP contribution in [-0.2, 0) is 18.4 Å². The fraction of sp³-hybridized carbons (Fsp3) is 0.296. The van der Waals surface area contributed by atoms with Gasteiger partial charge >= 0.3 is 0 Å². The van der Waals surface area contributed by atoms with Gasteiger partial charge in [0, 0.05) is 59.2 Å². The minimum Gasteiger partial charge on any atom is -0.506 e. The number of hydrogen-bond donors (Lipinski definition) is 4. The Kier molecular flexibility index (Phi) is 6.13. The monoisotopic (exact) mass is 458 g/mol. The Balaban J connectivity index is 1.19. The molecule has 1 saturated heterocycles. The highest BCUT2D eigenvalue weighted by molar-refractivity contribution is 6.09. The lowest BCUT2D eigenvalue weighted by Crippen LogP contribution is -2.42. The molecule has 1 aliphatic rings. The van der Waals surface area contributed by atoms with Crippen molar-refractivity contribution < 1.29 is 15.0 Å². The minimum atomic E-state index is -0.125. The molecule has 0 bridgehead atoms. The number of aliphatic hydroxyl groups is 1. The molecule has 1 amide bonds. The van der Waals surface area contributed by atoms with Crippen LogP contribution in [0.1, 0.15) is 18.4 Å². The molecule has 176 valence electrons. The molecule has 1 fully saturated rings. The fourth-order valence-electron chi connectivity index (χ4n) is 4.97. The van der Waals surface area contributed by atoms with Crippen molar-refractivity contribution >= 4 is 39.1 Å². The summed E-state index contributed by atoms with van der Waals surface area (Å²) in [5.41, 5.74) is 4.41. The standard InChI is InChI=1S/C27H30N4O3/c1-30-23-7-3-2-6-21(23)22-15-20(9-10-24(22)30)28-26(34)16-31-13-11-19(12-14-31)29-27-18(17-32)5-4-8-25(27)33/h2-10,15,19,29,32-33H,11-14,16-17H2,1H3,(H,28,34). The highest BCUT2D eigenvalue weighted by atomic mass is 16.3. The van der Waals surface area contributed by atoms with Gasteiger partial charge in [0.1, 0.15) is 5.75 Å². The topological polar surface area (TPSA) is 89.8 Å². The molecule has 0 atom stereocenters. The maximum Gasteiger partial charge on any atom is 0.238 e. The van der Waals surface area contributed by atoms with E-state index in [9.17, 15) is 15.0 Å². The van der Waals surface area contributed by atoms with Crippen LogP contribution in [0.25, 0.3) is 21.8 Å². The maximum absolute atomic E-state index is 12.8. The molecule has 0 aliphatic carbocycles. The Morgan fingerprint density at radius 2 is 1.76 bits per heavy atom. The summed E-state index contributed by atoms with van der Waals surface area (Å²) in [5.74, 6) is 0.130. The number of nitrogens with zero attached hydrogens (tertiary/aromatic N) is 2. The number of phenolic OH excluding ortho intramolecular Hbond substituents is 1. The number of nitrogens with one attached hydrogen (secondary N) is 2. The average molecular weight is 459 g/mol. The molecule has 0 spiro atoms. The largest absolute Gasteiger partial charge is 0.506 e. The van der Waals surface area contributed by atoms with Crippen molar-refractivity contribution in [3.05, 3.63) is 66.2 Å². The summed E-state index contributed by atoms with van der Waals surface area (Å²) in [6, 6.07) is 19.7. The van der Waals surface area contributed by atoms with Crippen LogP contribution >= 0.6 is 0 Å². The first-order valence-corrected chi connectivity index (χ1v) is 11.7. The van der Waals surface area contributed by atoms with Gasteiger partial charge in [-0.2, -0.15) is 0 Å². The van der Waals surface area contributed by atoms with Gasteiger partial charge in [0.15, 0.2) is 0 Å². The van der Waals surface area contributed by atoms with E-state index >= 15 is 0 Å². The Morgan fingerprint density at radius 3 is 2.56 bits per heavy atom. The van der Waals surface area contributed by atoms with E-state index in [-0.39, 0.29) is 24.3 Å². The minimum absolute atomic E-state index is 0.0192. The third kappa shape index (κ3) is 4.32. The number of phenols is 1. The third-order valence-electron chi connectivity index (χ3n) is 6.80. The first kappa shape index (κ1) is 22.3. The summed E-state index contributed by atoms with van der Waals surface area (Å²) < 4.78 is 2.17. The van der Waals surface area contributed by atoms with Crippen molar-refractivity contribution in [2.75, 3.05) is 30.3 Å². The Morgan fingerprint density at radius 1 is 1.00 bits per heavy atom. The van der Waals surface area contributed by atoms with Gasteiger partial charge in [-0.05, 0) is 43.2 Å². The zero-order valence-electron chi connectivity index (χ0n) is 19.3. The number of likely N-dealkylation sites (tertiary alicyclic amines) is 1. The van der Waals surface area contributed by atoms with Crippen LogP contribution in [0.2, 0.25) is 0 Å². The van der Waals surface area contributed by atoms with Crippen LogP contribution in [0.15, 0.2) is 60.7 Å². The average Bonchev–Trinajstić information content (AvgIpc) is 3.13. The molecule has 0 unspecified atom stereocenters. The number of carbonyl (C=O) groups excluding carboxylic acids is 1. The summed E-state index contributed by atoms with van der Waals surface area (Å²) in [5, 5.41) is 28.4. The van der Waals surface area contributed by atoms with Gasteiger partial charge in [0.2, 0.25) is 5.91 Å². The number of amides is 1. The predicted octanol–water partition coefficient (Wildman–Crippen LogP) is 4.04. The molecular formula is C27H30N4O3. The second-order valence-electron chi connectivity index (χ2n) is 9.02. The van der Waals surface area contributed by atoms with Crippen LogP contribution < -0.4 is 10.6 Å². The molecule has 7 heteroatoms. The number of rotatable bonds is 6. The van der Waals surface area contributed by atoms with Crippen molar-refractivity contribution in [1.29, 1.82) is 0 Å². The van der Waals surface area contributed by atoms with Crippen molar-refractivity contribution in [3.63, 3.8) is 0 Å². The van der Waals surface area contributed by atoms with E-state index in [2.05, 4.69) is 51.4 Å². The highest BCUT2D eigenvalue weighted by Crippen LogP contribution is 2.31. The Bertz CT molecular complexity index is 1340. The number of aliphatic hydroxyl groups excluding tert-OH is 1. The Labute approximate surface area is 198 Å². The zero-order chi connectivity index (χ0) is 23.7. The smallest absolute Gasteiger partial charge is 0.238 e. The number of benzene rings is 3. The van der Waals surface area contributed by atoms with Crippen LogP contribution in [0.3, 0.4) is 0 Å². The van der Waals surface area contributed by atoms with Crippen molar-refractivity contribution in [2.24, 2.45) is 7.05 Å². The van der Waals surface area contributed by atoms with E-state index < -0.39 is 0 Å². The van der Waals surface area contributed by atoms with Gasteiger partial charge in [-0.25, -0.2) is 0 Å². The fourth-order valence-corrected chi connectivity index (χ4v) is 4.97. The molecule has 0 saturated carbocycles. The SMILES string of the molecule is Cn1c2ccccc2c2cc(NC(=O)CN3CCC(Nc4c(O)cccc4CO)CC3)ccc21. The van der Waals surface area contributed by atoms with Crippen LogP contribution in [0.5, 0.6) is 5.75 Å². The first-order chi connectivity index (χ1) is 16.5. The lowest BCUT2D eigenvalue weighted by Gasteiger charge is -2.32. The maximum atomic E-state index is 12.8. The Hall–Kier alpha value is -3.55. The van der Waals surface area contributed by atoms with E-state index in [4.69, 9.17) is 0 Å². The molecule has 5 rings (SSSR count). The summed E-state index contributed by atoms with van der Waals surface area (Å²) in [6.45, 7) is 1.80. The van der Waals surface area contributed by atoms with E-state index in [0.717, 1.165) is 42.5 Å². The van der Waals surface area contributed by atoms with Gasteiger partial charge in [-0.15, -0.1) is 0 Å². The van der Waals surface area contributed by atoms with Crippen molar-refractivity contribution in [3.8, 4) is 5.75 Å². The third-order valence-corrected chi connectivity index (χ3v) is 6.80. The van der Waals surface area contributed by atoms with Gasteiger partial charge in [-0.3, -0.25) is 9.69 Å². The summed E-state index contributed by atoms with van der Waals surface area (Å²) >= 11 is 0. The summed E-state index contributed by atoms with van der Waals surface area (Å²) in [4.78, 5) is 14.9. The van der Waals surface area contributed by atoms with Gasteiger partial charge in [0.05, 0.1) is 18.8 Å². The van der Waals surface area contributed by atoms with E-state index in [1.807, 2.05) is 18.2 Å². The second-order valence-corrected chi connectivity index (χ2v) is 9.02. The molecule has 34 heavy (non-hydrogen) atoms. The van der Waals surface area contributed by atoms with Crippen LogP contribution in [-0.4, -0.2) is 51.3 Å². The van der Waals surface area contributed by atoms with Gasteiger partial charge in [-0.1, -0.05) is 30.3 Å². The number of fused-ring (bicyclic) bond motifs is 3. The second kappa shape index (κ2) is 9.37. The highest BCUT2D eigenvalue weighted by Gasteiger charge is 2.22. The number of anilines is 2. The molecule has 7 nitrogen and oxygen atoms in total. The number of hydrogen-bond acceptors (Lipinski definition) is 5. The van der Waals surface area contributed by atoms with E-state index in [1.165, 1.54) is 10.9 Å². The lowest BCUT2D eigenvalue weighted by molar-refractivity contribution is -0.117. The van der Waals surface area contributed by atoms with Crippen molar-refractivity contribution in [2.45, 2.75) is 25.5 Å². The summed E-state index contributed by atoms with van der Waals surface area (Å²) in [6.07, 6.45) is 1.71. The van der Waals surface area contributed by atoms with Crippen molar-refractivity contribution in [1.82, 2.24) is 9.47 Å². The number of aryl methyl sites for hydroxylation is 1. The number of aromatic hydroxyl groups is 1. The molecule has 2 heterocycles. The van der Waals surface area contributed by atoms with Gasteiger partial charge in [0.25, 0.3) is 0 Å². The number of piperidine rings is 1. The normalized spacial score (nSPS) is 15.1. The molecule has 0 radical (unpaired) electrons. The number of para-hydroxylation sites is 2. The lowest BCUT2D eigenvalue weighted by atomic mass is 10.0. The van der Waals surface area contributed by atoms with E-state index in [0.29, 0.717) is 17.8 Å². The molecule has 4 aromatic rings. The molecule has 1 aliphatic heterocycles. The quantitative estimate of drug-likeness (QED) is 0.328. The van der Waals surface area contributed by atoms with Gasteiger partial charge < -0.3 is 25.4 Å². The van der Waals surface area contributed by atoms with E-state index in [1.54, 1.807) is 18.2 Å². The molecular weight excluding hydrogens is 428 g/mol. The van der Waals surface area contributed by atoms with Crippen LogP contribution in [0, 0.1) is 0 Å². The zero-order valence-corrected chi connectivity index (χ0v) is 19.3. The molecule has 4 N–H and O–H groups in total. The number of aromatic nitrogens is 1. The molecule has 3 aromatic carbocycles. The molecule has 1 aromatic heterocycles. The van der Waals surface area contributed by atoms with Crippen LogP contribution in [0.4, 0.5) is 11.4 Å². The number of carbonyl (C=O) groups is 1. The summed E-state index contributed by atoms with van der Waals surface area (Å²) in [7, 11) is 2.06. The first-order valence-electron chi connectivity index (χ1n) is 11.7.